The molecule has 5 nitrogen and oxygen atoms in total. The molecule has 0 saturated heterocycles. The summed E-state index contributed by atoms with van der Waals surface area (Å²) < 4.78 is 5.35. The number of carboxylic acids is 1. The van der Waals surface area contributed by atoms with Gasteiger partial charge in [0, 0.05) is 12.0 Å². The molecule has 2 aromatic rings. The van der Waals surface area contributed by atoms with Crippen LogP contribution in [-0.4, -0.2) is 29.8 Å². The van der Waals surface area contributed by atoms with E-state index in [0.717, 1.165) is 11.1 Å². The molecule has 0 aromatic heterocycles. The summed E-state index contributed by atoms with van der Waals surface area (Å²) in [4.78, 5) is 22.5. The number of carbonyl (C=O) groups is 2. The Morgan fingerprint density at radius 1 is 1.08 bits per heavy atom. The van der Waals surface area contributed by atoms with Crippen LogP contribution in [0, 0.1) is 0 Å². The summed E-state index contributed by atoms with van der Waals surface area (Å²) >= 11 is 0. The molecular formula is C19H19NO4. The van der Waals surface area contributed by atoms with E-state index in [4.69, 9.17) is 9.84 Å². The quantitative estimate of drug-likeness (QED) is 0.883. The van der Waals surface area contributed by atoms with Gasteiger partial charge in [-0.2, -0.15) is 0 Å². The Hall–Kier alpha value is -2.82. The number of fused-ring (bicyclic) bond motifs is 3. The normalized spacial score (nSPS) is 13.7. The standard InChI is InChI=1S/C19H19NO4/c1-12(10-18(21)22)20-19(23)24-11-17-15-8-4-2-6-13(15)14-7-3-5-9-16(14)17/h2-9,12,17H,10-11H2,1H3,(H,20,23)(H,21,22)/t12-/m1/s1. The molecule has 0 radical (unpaired) electrons. The summed E-state index contributed by atoms with van der Waals surface area (Å²) in [7, 11) is 0. The van der Waals surface area contributed by atoms with Gasteiger partial charge in [-0.05, 0) is 29.2 Å². The predicted octanol–water partition coefficient (Wildman–Crippen LogP) is 3.39. The molecule has 0 saturated carbocycles. The highest BCUT2D eigenvalue weighted by atomic mass is 16.5. The molecule has 1 atom stereocenters. The number of ether oxygens (including phenoxy) is 1. The molecule has 1 amide bonds. The minimum Gasteiger partial charge on any atom is -0.481 e. The molecule has 5 heteroatoms. The molecule has 2 aromatic carbocycles. The van der Waals surface area contributed by atoms with E-state index in [2.05, 4.69) is 17.4 Å². The van der Waals surface area contributed by atoms with Gasteiger partial charge in [-0.3, -0.25) is 4.79 Å². The highest BCUT2D eigenvalue weighted by molar-refractivity contribution is 5.79. The maximum atomic E-state index is 11.9. The van der Waals surface area contributed by atoms with Gasteiger partial charge in [-0.15, -0.1) is 0 Å². The predicted molar refractivity (Wildman–Crippen MR) is 89.9 cm³/mol. The third kappa shape index (κ3) is 3.25. The molecule has 0 spiro atoms. The first-order valence-electron chi connectivity index (χ1n) is 7.89. The van der Waals surface area contributed by atoms with Crippen LogP contribution < -0.4 is 5.32 Å². The van der Waals surface area contributed by atoms with Crippen LogP contribution in [0.2, 0.25) is 0 Å². The Balaban J connectivity index is 1.69. The SMILES string of the molecule is C[C@H](CC(=O)O)NC(=O)OCC1c2ccccc2-c2ccccc21. The fourth-order valence-corrected chi connectivity index (χ4v) is 3.15. The molecule has 2 N–H and O–H groups in total. The molecule has 1 aliphatic carbocycles. The molecule has 24 heavy (non-hydrogen) atoms. The van der Waals surface area contributed by atoms with Gasteiger partial charge >= 0.3 is 12.1 Å². The number of aliphatic carboxylic acids is 1. The first-order valence-corrected chi connectivity index (χ1v) is 7.89. The lowest BCUT2D eigenvalue weighted by atomic mass is 9.98. The zero-order valence-electron chi connectivity index (χ0n) is 13.4. The maximum absolute atomic E-state index is 11.9. The Labute approximate surface area is 140 Å². The summed E-state index contributed by atoms with van der Waals surface area (Å²) in [5.41, 5.74) is 4.62. The molecule has 0 aliphatic heterocycles. The topological polar surface area (TPSA) is 75.6 Å². The zero-order chi connectivity index (χ0) is 17.1. The first kappa shape index (κ1) is 16.1. The van der Waals surface area contributed by atoms with Crippen molar-refractivity contribution in [3.8, 4) is 11.1 Å². The summed E-state index contributed by atoms with van der Waals surface area (Å²) in [6.07, 6.45) is -0.727. The van der Waals surface area contributed by atoms with Gasteiger partial charge < -0.3 is 15.2 Å². The minimum absolute atomic E-state index is 0.00192. The van der Waals surface area contributed by atoms with Gasteiger partial charge in [-0.1, -0.05) is 48.5 Å². The summed E-state index contributed by atoms with van der Waals surface area (Å²) in [5, 5.41) is 11.3. The van der Waals surface area contributed by atoms with E-state index in [9.17, 15) is 9.59 Å². The van der Waals surface area contributed by atoms with E-state index in [-0.39, 0.29) is 18.9 Å². The molecule has 124 valence electrons. The van der Waals surface area contributed by atoms with Gasteiger partial charge in [-0.25, -0.2) is 4.79 Å². The average molecular weight is 325 g/mol. The van der Waals surface area contributed by atoms with Crippen LogP contribution in [0.3, 0.4) is 0 Å². The van der Waals surface area contributed by atoms with Gasteiger partial charge in [0.15, 0.2) is 0 Å². The Bertz CT molecular complexity index is 726. The van der Waals surface area contributed by atoms with E-state index in [0.29, 0.717) is 0 Å². The second-order valence-corrected chi connectivity index (χ2v) is 5.97. The van der Waals surface area contributed by atoms with Crippen LogP contribution >= 0.6 is 0 Å². The smallest absolute Gasteiger partial charge is 0.407 e. The van der Waals surface area contributed by atoms with Crippen LogP contribution in [0.4, 0.5) is 4.79 Å². The molecule has 1 aliphatic rings. The second-order valence-electron chi connectivity index (χ2n) is 5.97. The third-order valence-electron chi connectivity index (χ3n) is 4.19. The number of benzene rings is 2. The van der Waals surface area contributed by atoms with Crippen molar-refractivity contribution in [1.29, 1.82) is 0 Å². The van der Waals surface area contributed by atoms with E-state index in [1.165, 1.54) is 11.1 Å². The maximum Gasteiger partial charge on any atom is 0.407 e. The molecule has 0 heterocycles. The number of amides is 1. The lowest BCUT2D eigenvalue weighted by Crippen LogP contribution is -2.35. The zero-order valence-corrected chi connectivity index (χ0v) is 13.4. The Morgan fingerprint density at radius 2 is 1.62 bits per heavy atom. The van der Waals surface area contributed by atoms with Crippen molar-refractivity contribution in [3.63, 3.8) is 0 Å². The van der Waals surface area contributed by atoms with Crippen LogP contribution in [-0.2, 0) is 9.53 Å². The van der Waals surface area contributed by atoms with E-state index in [1.54, 1.807) is 6.92 Å². The summed E-state index contributed by atoms with van der Waals surface area (Å²) in [6.45, 7) is 1.86. The van der Waals surface area contributed by atoms with Gasteiger partial charge in [0.1, 0.15) is 6.61 Å². The van der Waals surface area contributed by atoms with Crippen molar-refractivity contribution in [2.45, 2.75) is 25.3 Å². The van der Waals surface area contributed by atoms with Crippen molar-refractivity contribution in [1.82, 2.24) is 5.32 Å². The highest BCUT2D eigenvalue weighted by Gasteiger charge is 2.29. The second kappa shape index (κ2) is 6.74. The highest BCUT2D eigenvalue weighted by Crippen LogP contribution is 2.44. The van der Waals surface area contributed by atoms with Crippen molar-refractivity contribution in [3.05, 3.63) is 59.7 Å². The lowest BCUT2D eigenvalue weighted by molar-refractivity contribution is -0.137. The van der Waals surface area contributed by atoms with Crippen LogP contribution in [0.5, 0.6) is 0 Å². The Morgan fingerprint density at radius 3 is 2.17 bits per heavy atom. The fraction of sp³-hybridized carbons (Fsp3) is 0.263. The fourth-order valence-electron chi connectivity index (χ4n) is 3.15. The van der Waals surface area contributed by atoms with E-state index >= 15 is 0 Å². The Kier molecular flexibility index (Phi) is 4.51. The average Bonchev–Trinajstić information content (AvgIpc) is 2.86. The van der Waals surface area contributed by atoms with Gasteiger partial charge in [0.05, 0.1) is 6.42 Å². The molecule has 0 unspecified atom stereocenters. The first-order chi connectivity index (χ1) is 11.6. The minimum atomic E-state index is -0.957. The van der Waals surface area contributed by atoms with E-state index < -0.39 is 18.1 Å². The monoisotopic (exact) mass is 325 g/mol. The number of carbonyl (C=O) groups excluding carboxylic acids is 1. The molecule has 0 fully saturated rings. The molecule has 3 rings (SSSR count). The molecule has 0 bridgehead atoms. The van der Waals surface area contributed by atoms with Crippen LogP contribution in [0.1, 0.15) is 30.4 Å². The number of rotatable bonds is 5. The van der Waals surface area contributed by atoms with Gasteiger partial charge in [0.25, 0.3) is 0 Å². The van der Waals surface area contributed by atoms with Crippen molar-refractivity contribution < 1.29 is 19.4 Å². The number of nitrogens with one attached hydrogen (secondary N) is 1. The van der Waals surface area contributed by atoms with E-state index in [1.807, 2.05) is 36.4 Å². The number of carboxylic acid groups (broad SMARTS) is 1. The van der Waals surface area contributed by atoms with Gasteiger partial charge in [0.2, 0.25) is 0 Å². The van der Waals surface area contributed by atoms with Crippen LogP contribution in [0.15, 0.2) is 48.5 Å². The van der Waals surface area contributed by atoms with Crippen LogP contribution in [0.25, 0.3) is 11.1 Å². The van der Waals surface area contributed by atoms with Crippen molar-refractivity contribution in [2.24, 2.45) is 0 Å². The molecular weight excluding hydrogens is 306 g/mol. The summed E-state index contributed by atoms with van der Waals surface area (Å²) in [6, 6.07) is 15.7. The lowest BCUT2D eigenvalue weighted by Gasteiger charge is -2.16. The third-order valence-corrected chi connectivity index (χ3v) is 4.19. The van der Waals surface area contributed by atoms with Crippen molar-refractivity contribution in [2.75, 3.05) is 6.61 Å². The largest absolute Gasteiger partial charge is 0.481 e. The summed E-state index contributed by atoms with van der Waals surface area (Å²) in [5.74, 6) is -0.959. The number of alkyl carbamates (subject to hydrolysis) is 1. The number of hydrogen-bond acceptors (Lipinski definition) is 3. The number of hydrogen-bond donors (Lipinski definition) is 2. The van der Waals surface area contributed by atoms with Crippen molar-refractivity contribution >= 4 is 12.1 Å².